The Morgan fingerprint density at radius 1 is 1.50 bits per heavy atom. The van der Waals surface area contributed by atoms with Crippen molar-refractivity contribution in [2.75, 3.05) is 12.1 Å². The van der Waals surface area contributed by atoms with Crippen LogP contribution in [-0.2, 0) is 5.88 Å². The molecule has 0 heterocycles. The lowest BCUT2D eigenvalue weighted by atomic mass is 10.2. The van der Waals surface area contributed by atoms with E-state index in [0.29, 0.717) is 5.88 Å². The van der Waals surface area contributed by atoms with E-state index in [9.17, 15) is 0 Å². The van der Waals surface area contributed by atoms with E-state index in [1.54, 1.807) is 7.05 Å². The van der Waals surface area contributed by atoms with E-state index in [1.165, 1.54) is 11.3 Å². The Kier molecular flexibility index (Phi) is 4.22. The summed E-state index contributed by atoms with van der Waals surface area (Å²) in [5.41, 5.74) is 4.54. The molecule has 0 unspecified atom stereocenters. The van der Waals surface area contributed by atoms with Gasteiger partial charge in [0.15, 0.2) is 0 Å². The topological polar surface area (TPSA) is 53.7 Å². The molecular formula is C9H13ClN4. The quantitative estimate of drug-likeness (QED) is 0.260. The lowest BCUT2D eigenvalue weighted by Gasteiger charge is -2.12. The predicted molar refractivity (Wildman–Crippen MR) is 60.2 cm³/mol. The van der Waals surface area contributed by atoms with Gasteiger partial charge < -0.3 is 5.43 Å². The molecule has 1 aromatic rings. The number of nitrogens with two attached hydrogens (primary N) is 1. The number of hydrogen-bond acceptors (Lipinski definition) is 3. The van der Waals surface area contributed by atoms with Gasteiger partial charge in [-0.1, -0.05) is 12.1 Å². The summed E-state index contributed by atoms with van der Waals surface area (Å²) >= 11 is 5.66. The first-order valence-corrected chi connectivity index (χ1v) is 4.70. The van der Waals surface area contributed by atoms with Crippen molar-refractivity contribution in [2.24, 2.45) is 10.9 Å². The number of nitrogens with zero attached hydrogens (tertiary/aromatic N) is 2. The lowest BCUT2D eigenvalue weighted by molar-refractivity contribution is 0.897. The van der Waals surface area contributed by atoms with Crippen LogP contribution in [0.25, 0.3) is 0 Å². The summed E-state index contributed by atoms with van der Waals surface area (Å²) in [7, 11) is 1.71. The third kappa shape index (κ3) is 2.90. The van der Waals surface area contributed by atoms with Gasteiger partial charge in [-0.2, -0.15) is 5.10 Å². The number of alkyl halides is 1. The van der Waals surface area contributed by atoms with E-state index in [1.807, 2.05) is 24.3 Å². The normalized spacial score (nSPS) is 10.5. The number of hydrazone groups is 1. The molecule has 0 amide bonds. The van der Waals surface area contributed by atoms with Crippen LogP contribution in [0.4, 0.5) is 5.69 Å². The number of hydrogen-bond donors (Lipinski definition) is 2. The van der Waals surface area contributed by atoms with E-state index < -0.39 is 0 Å². The molecule has 0 atom stereocenters. The van der Waals surface area contributed by atoms with Crippen molar-refractivity contribution >= 4 is 23.6 Å². The summed E-state index contributed by atoms with van der Waals surface area (Å²) in [6.07, 6.45) is 1.50. The molecule has 1 aromatic carbocycles. The fourth-order valence-electron chi connectivity index (χ4n) is 0.944. The molecule has 3 N–H and O–H groups in total. The highest BCUT2D eigenvalue weighted by Crippen LogP contribution is 2.12. The van der Waals surface area contributed by atoms with Gasteiger partial charge >= 0.3 is 0 Å². The molecule has 0 aliphatic carbocycles. The van der Waals surface area contributed by atoms with E-state index in [-0.39, 0.29) is 0 Å². The Morgan fingerprint density at radius 3 is 2.64 bits per heavy atom. The highest BCUT2D eigenvalue weighted by molar-refractivity contribution is 6.17. The van der Waals surface area contributed by atoms with Crippen LogP contribution in [-0.4, -0.2) is 13.4 Å². The molecule has 0 radical (unpaired) electrons. The second-order valence-corrected chi connectivity index (χ2v) is 2.94. The highest BCUT2D eigenvalue weighted by Gasteiger charge is 1.97. The monoisotopic (exact) mass is 212 g/mol. The highest BCUT2D eigenvalue weighted by atomic mass is 35.5. The minimum atomic E-state index is 0.509. The smallest absolute Gasteiger partial charge is 0.130 e. The Hall–Kier alpha value is -1.26. The number of rotatable bonds is 4. The van der Waals surface area contributed by atoms with Crippen LogP contribution in [0.15, 0.2) is 29.4 Å². The van der Waals surface area contributed by atoms with E-state index in [2.05, 4.69) is 10.5 Å². The largest absolute Gasteiger partial charge is 0.312 e. The van der Waals surface area contributed by atoms with Crippen LogP contribution >= 0.6 is 11.6 Å². The molecular weight excluding hydrogens is 200 g/mol. The maximum Gasteiger partial charge on any atom is 0.130 e. The Bertz CT molecular complexity index is 296. The number of halogens is 1. The third-order valence-electron chi connectivity index (χ3n) is 1.70. The molecule has 0 saturated heterocycles. The summed E-state index contributed by atoms with van der Waals surface area (Å²) in [6.45, 7) is 0. The molecule has 14 heavy (non-hydrogen) atoms. The number of hydrazine groups is 1. The fourth-order valence-corrected chi connectivity index (χ4v) is 1.12. The number of benzene rings is 1. The molecule has 0 aliphatic rings. The van der Waals surface area contributed by atoms with Crippen LogP contribution in [0, 0.1) is 0 Å². The van der Waals surface area contributed by atoms with Crippen LogP contribution in [0.2, 0.25) is 0 Å². The molecule has 5 heteroatoms. The molecule has 0 spiro atoms. The molecule has 0 saturated carbocycles. The van der Waals surface area contributed by atoms with Gasteiger partial charge in [0.1, 0.15) is 6.34 Å². The first-order valence-electron chi connectivity index (χ1n) is 4.16. The number of nitrogens with one attached hydrogen (secondary N) is 1. The predicted octanol–water partition coefficient (Wildman–Crippen LogP) is 1.27. The third-order valence-corrected chi connectivity index (χ3v) is 2.01. The second-order valence-electron chi connectivity index (χ2n) is 2.68. The summed E-state index contributed by atoms with van der Waals surface area (Å²) in [4.78, 5) is 0. The van der Waals surface area contributed by atoms with Crippen molar-refractivity contribution in [3.05, 3.63) is 29.8 Å². The zero-order valence-electron chi connectivity index (χ0n) is 7.94. The van der Waals surface area contributed by atoms with E-state index in [0.717, 1.165) is 11.3 Å². The second kappa shape index (κ2) is 5.47. The fraction of sp³-hybridized carbons (Fsp3) is 0.222. The van der Waals surface area contributed by atoms with Crippen molar-refractivity contribution in [1.82, 2.24) is 5.43 Å². The maximum atomic E-state index is 5.68. The van der Waals surface area contributed by atoms with Crippen molar-refractivity contribution in [3.63, 3.8) is 0 Å². The maximum absolute atomic E-state index is 5.68. The summed E-state index contributed by atoms with van der Waals surface area (Å²) in [5.74, 6) is 6.19. The molecule has 76 valence electrons. The zero-order chi connectivity index (χ0) is 10.4. The van der Waals surface area contributed by atoms with Gasteiger partial charge in [0, 0.05) is 12.9 Å². The van der Waals surface area contributed by atoms with Gasteiger partial charge in [-0.3, -0.25) is 5.01 Å². The molecule has 4 nitrogen and oxygen atoms in total. The Balaban J connectivity index is 2.71. The first-order chi connectivity index (χ1) is 6.77. The standard InChI is InChI=1S/C9H13ClN4/c1-12-13-7-14(11)9-4-2-8(6-10)3-5-9/h2-5,7,12H,6,11H2,1H3. The average molecular weight is 213 g/mol. The summed E-state index contributed by atoms with van der Waals surface area (Å²) in [6, 6.07) is 7.63. The minimum Gasteiger partial charge on any atom is -0.312 e. The summed E-state index contributed by atoms with van der Waals surface area (Å²) < 4.78 is 0. The Morgan fingerprint density at radius 2 is 2.14 bits per heavy atom. The average Bonchev–Trinajstić information content (AvgIpc) is 2.26. The van der Waals surface area contributed by atoms with Crippen molar-refractivity contribution < 1.29 is 0 Å². The van der Waals surface area contributed by atoms with Crippen molar-refractivity contribution in [1.29, 1.82) is 0 Å². The SMILES string of the molecule is CNN=CN(N)c1ccc(CCl)cc1. The van der Waals surface area contributed by atoms with Crippen molar-refractivity contribution in [2.45, 2.75) is 5.88 Å². The molecule has 1 rings (SSSR count). The molecule has 0 aromatic heterocycles. The van der Waals surface area contributed by atoms with Gasteiger partial charge in [0.25, 0.3) is 0 Å². The van der Waals surface area contributed by atoms with E-state index >= 15 is 0 Å². The molecule has 0 aliphatic heterocycles. The first kappa shape index (κ1) is 10.8. The molecule has 0 bridgehead atoms. The summed E-state index contributed by atoms with van der Waals surface area (Å²) in [5, 5.41) is 5.22. The molecule has 0 fully saturated rings. The number of anilines is 1. The van der Waals surface area contributed by atoms with Crippen molar-refractivity contribution in [3.8, 4) is 0 Å². The zero-order valence-corrected chi connectivity index (χ0v) is 8.70. The van der Waals surface area contributed by atoms with Gasteiger partial charge in [-0.25, -0.2) is 5.84 Å². The Labute approximate surface area is 88.3 Å². The van der Waals surface area contributed by atoms with Crippen LogP contribution < -0.4 is 16.3 Å². The minimum absolute atomic E-state index is 0.509. The lowest BCUT2D eigenvalue weighted by Crippen LogP contribution is -2.29. The van der Waals surface area contributed by atoms with Crippen LogP contribution in [0.1, 0.15) is 5.56 Å². The van der Waals surface area contributed by atoms with E-state index in [4.69, 9.17) is 17.4 Å². The van der Waals surface area contributed by atoms with Crippen LogP contribution in [0.3, 0.4) is 0 Å². The van der Waals surface area contributed by atoms with Gasteiger partial charge in [-0.05, 0) is 17.7 Å². The van der Waals surface area contributed by atoms with Gasteiger partial charge in [0.2, 0.25) is 0 Å². The van der Waals surface area contributed by atoms with Gasteiger partial charge in [0.05, 0.1) is 5.69 Å². The van der Waals surface area contributed by atoms with Crippen LogP contribution in [0.5, 0.6) is 0 Å². The van der Waals surface area contributed by atoms with Gasteiger partial charge in [-0.15, -0.1) is 11.6 Å².